The van der Waals surface area contributed by atoms with Gasteiger partial charge in [-0.2, -0.15) is 0 Å². The fourth-order valence-electron chi connectivity index (χ4n) is 5.53. The van der Waals surface area contributed by atoms with E-state index in [1.54, 1.807) is 18.3 Å². The standard InChI is InChI=1S/C24H27ClFN5OS/c1-23(2,33(27)32)13-18-17-4-3-16(26)11-15(17)12-24(18)7-9-31(10-8-24)21-14-28-22-19(29-21)5-6-20(25)30-22/h3-6,11,14,18H,7-10,12-13,27H2,1-2H3/t18-,33?/m1/s1. The van der Waals surface area contributed by atoms with Crippen LogP contribution in [0.3, 0.4) is 0 Å². The van der Waals surface area contributed by atoms with Crippen LogP contribution in [-0.2, 0) is 17.4 Å². The Kier molecular flexibility index (Phi) is 5.66. The van der Waals surface area contributed by atoms with Crippen LogP contribution in [0.15, 0.2) is 36.5 Å². The van der Waals surface area contributed by atoms with Crippen molar-refractivity contribution in [3.05, 3.63) is 58.6 Å². The zero-order valence-corrected chi connectivity index (χ0v) is 20.3. The Morgan fingerprint density at radius 1 is 1.24 bits per heavy atom. The molecule has 1 unspecified atom stereocenters. The molecule has 0 saturated carbocycles. The van der Waals surface area contributed by atoms with Gasteiger partial charge in [-0.1, -0.05) is 17.7 Å². The fraction of sp³-hybridized carbons (Fsp3) is 0.458. The Morgan fingerprint density at radius 3 is 2.73 bits per heavy atom. The van der Waals surface area contributed by atoms with E-state index in [1.165, 1.54) is 11.6 Å². The molecule has 9 heteroatoms. The quantitative estimate of drug-likeness (QED) is 0.546. The van der Waals surface area contributed by atoms with Crippen molar-refractivity contribution in [3.63, 3.8) is 0 Å². The average molecular weight is 488 g/mol. The summed E-state index contributed by atoms with van der Waals surface area (Å²) >= 11 is 5.96. The summed E-state index contributed by atoms with van der Waals surface area (Å²) in [6.07, 6.45) is 5.15. The summed E-state index contributed by atoms with van der Waals surface area (Å²) in [6.45, 7) is 5.55. The van der Waals surface area contributed by atoms with Crippen LogP contribution in [0.25, 0.3) is 11.2 Å². The van der Waals surface area contributed by atoms with Crippen molar-refractivity contribution in [1.29, 1.82) is 0 Å². The first-order chi connectivity index (χ1) is 15.7. The smallest absolute Gasteiger partial charge is 0.179 e. The molecule has 5 rings (SSSR count). The Labute approximate surface area is 200 Å². The lowest BCUT2D eigenvalue weighted by atomic mass is 9.67. The number of fused-ring (bicyclic) bond motifs is 2. The molecule has 1 saturated heterocycles. The van der Waals surface area contributed by atoms with Crippen LogP contribution >= 0.6 is 11.6 Å². The number of piperidine rings is 1. The maximum atomic E-state index is 14.0. The summed E-state index contributed by atoms with van der Waals surface area (Å²) in [4.78, 5) is 15.7. The molecule has 3 aromatic rings. The molecule has 1 aromatic carbocycles. The number of aromatic nitrogens is 3. The van der Waals surface area contributed by atoms with E-state index < -0.39 is 15.7 Å². The van der Waals surface area contributed by atoms with Crippen molar-refractivity contribution in [3.8, 4) is 0 Å². The molecular weight excluding hydrogens is 461 g/mol. The molecule has 2 N–H and O–H groups in total. The molecule has 2 aliphatic rings. The number of benzene rings is 1. The summed E-state index contributed by atoms with van der Waals surface area (Å²) in [5.74, 6) is 0.804. The Hall–Kier alpha value is -2.16. The third-order valence-corrected chi connectivity index (χ3v) is 8.91. The maximum absolute atomic E-state index is 14.0. The maximum Gasteiger partial charge on any atom is 0.179 e. The van der Waals surface area contributed by atoms with Crippen molar-refractivity contribution < 1.29 is 8.60 Å². The number of nitrogens with zero attached hydrogens (tertiary/aromatic N) is 4. The van der Waals surface area contributed by atoms with Gasteiger partial charge in [0, 0.05) is 13.1 Å². The van der Waals surface area contributed by atoms with Gasteiger partial charge in [0.1, 0.15) is 22.3 Å². The van der Waals surface area contributed by atoms with Crippen LogP contribution in [-0.4, -0.2) is 37.0 Å². The first-order valence-corrected chi connectivity index (χ1v) is 12.7. The van der Waals surface area contributed by atoms with Gasteiger partial charge in [-0.25, -0.2) is 23.6 Å². The lowest BCUT2D eigenvalue weighted by molar-refractivity contribution is 0.170. The second-order valence-corrected chi connectivity index (χ2v) is 12.0. The topological polar surface area (TPSA) is 85.0 Å². The van der Waals surface area contributed by atoms with Crippen LogP contribution in [0, 0.1) is 11.2 Å². The number of halogens is 2. The second-order valence-electron chi connectivity index (χ2n) is 9.89. The highest BCUT2D eigenvalue weighted by molar-refractivity contribution is 7.84. The third-order valence-electron chi connectivity index (χ3n) is 7.44. The SMILES string of the molecule is CC(C)(C[C@@H]1c2ccc(F)cc2CC12CCN(c1cnc3nc(Cl)ccc3n1)CC2)S(N)=O. The van der Waals surface area contributed by atoms with Crippen LogP contribution in [0.4, 0.5) is 10.2 Å². The van der Waals surface area contributed by atoms with E-state index in [-0.39, 0.29) is 17.2 Å². The summed E-state index contributed by atoms with van der Waals surface area (Å²) in [6, 6.07) is 8.68. The zero-order valence-electron chi connectivity index (χ0n) is 18.7. The molecule has 0 amide bonds. The normalized spacial score (nSPS) is 20.9. The molecule has 1 fully saturated rings. The molecule has 2 aromatic heterocycles. The molecule has 174 valence electrons. The summed E-state index contributed by atoms with van der Waals surface area (Å²) in [7, 11) is -1.44. The predicted molar refractivity (Wildman–Crippen MR) is 130 cm³/mol. The monoisotopic (exact) mass is 487 g/mol. The number of hydrogen-bond acceptors (Lipinski definition) is 5. The van der Waals surface area contributed by atoms with E-state index >= 15 is 0 Å². The third kappa shape index (κ3) is 4.13. The molecule has 1 aliphatic heterocycles. The van der Waals surface area contributed by atoms with Crippen molar-refractivity contribution in [1.82, 2.24) is 15.0 Å². The fourth-order valence-corrected chi connectivity index (χ4v) is 6.00. The molecule has 33 heavy (non-hydrogen) atoms. The number of pyridine rings is 1. The Bertz CT molecular complexity index is 1240. The number of hydrogen-bond donors (Lipinski definition) is 1. The van der Waals surface area contributed by atoms with E-state index in [1.807, 2.05) is 26.0 Å². The molecular formula is C24H27ClFN5OS. The van der Waals surface area contributed by atoms with Gasteiger partial charge in [0.25, 0.3) is 0 Å². The van der Waals surface area contributed by atoms with Crippen LogP contribution < -0.4 is 10.0 Å². The first-order valence-electron chi connectivity index (χ1n) is 11.2. The summed E-state index contributed by atoms with van der Waals surface area (Å²) in [5.41, 5.74) is 3.48. The van der Waals surface area contributed by atoms with Gasteiger partial charge in [-0.15, -0.1) is 0 Å². The highest BCUT2D eigenvalue weighted by Gasteiger charge is 2.49. The highest BCUT2D eigenvalue weighted by Crippen LogP contribution is 2.56. The predicted octanol–water partition coefficient (Wildman–Crippen LogP) is 4.53. The second kappa shape index (κ2) is 8.25. The van der Waals surface area contributed by atoms with Gasteiger partial charge in [-0.3, -0.25) is 5.14 Å². The molecule has 3 heterocycles. The van der Waals surface area contributed by atoms with Crippen LogP contribution in [0.1, 0.15) is 50.2 Å². The first kappa shape index (κ1) is 22.6. The van der Waals surface area contributed by atoms with Gasteiger partial charge in [0.15, 0.2) is 5.65 Å². The molecule has 0 bridgehead atoms. The molecule has 6 nitrogen and oxygen atoms in total. The highest BCUT2D eigenvalue weighted by atomic mass is 35.5. The lowest BCUT2D eigenvalue weighted by Gasteiger charge is -2.45. The summed E-state index contributed by atoms with van der Waals surface area (Å²) in [5, 5.41) is 6.24. The van der Waals surface area contributed by atoms with Crippen LogP contribution in [0.2, 0.25) is 5.15 Å². The number of nitrogens with two attached hydrogens (primary N) is 1. The average Bonchev–Trinajstić information content (AvgIpc) is 3.05. The Morgan fingerprint density at radius 2 is 2.00 bits per heavy atom. The summed E-state index contributed by atoms with van der Waals surface area (Å²) < 4.78 is 25.8. The van der Waals surface area contributed by atoms with E-state index in [0.29, 0.717) is 22.7 Å². The van der Waals surface area contributed by atoms with E-state index in [2.05, 4.69) is 14.9 Å². The molecule has 1 aliphatic carbocycles. The van der Waals surface area contributed by atoms with Crippen LogP contribution in [0.5, 0.6) is 0 Å². The largest absolute Gasteiger partial charge is 0.355 e. The lowest BCUT2D eigenvalue weighted by Crippen LogP contribution is -2.45. The van der Waals surface area contributed by atoms with Crippen molar-refractivity contribution in [2.75, 3.05) is 18.0 Å². The van der Waals surface area contributed by atoms with E-state index in [0.717, 1.165) is 43.7 Å². The minimum atomic E-state index is -1.44. The molecule has 0 radical (unpaired) electrons. The van der Waals surface area contributed by atoms with Gasteiger partial charge >= 0.3 is 0 Å². The van der Waals surface area contributed by atoms with E-state index in [4.69, 9.17) is 21.7 Å². The van der Waals surface area contributed by atoms with Gasteiger partial charge in [-0.05, 0) is 86.3 Å². The minimum Gasteiger partial charge on any atom is -0.355 e. The molecule has 2 atom stereocenters. The van der Waals surface area contributed by atoms with Gasteiger partial charge in [0.05, 0.1) is 21.9 Å². The minimum absolute atomic E-state index is 0.0113. The van der Waals surface area contributed by atoms with Crippen molar-refractivity contribution in [2.24, 2.45) is 10.6 Å². The van der Waals surface area contributed by atoms with Gasteiger partial charge < -0.3 is 4.90 Å². The zero-order chi connectivity index (χ0) is 23.4. The van der Waals surface area contributed by atoms with Gasteiger partial charge in [0.2, 0.25) is 0 Å². The van der Waals surface area contributed by atoms with Crippen molar-refractivity contribution >= 4 is 39.6 Å². The Balaban J connectivity index is 1.42. The van der Waals surface area contributed by atoms with E-state index in [9.17, 15) is 8.60 Å². The number of rotatable bonds is 4. The van der Waals surface area contributed by atoms with Crippen molar-refractivity contribution in [2.45, 2.75) is 50.2 Å². The number of anilines is 1. The molecule has 1 spiro atoms.